The number of hydrogen-bond acceptors (Lipinski definition) is 3. The van der Waals surface area contributed by atoms with E-state index in [1.54, 1.807) is 12.1 Å². The van der Waals surface area contributed by atoms with Gasteiger partial charge < -0.3 is 5.32 Å². The number of nitrogens with one attached hydrogen (secondary N) is 1. The van der Waals surface area contributed by atoms with Gasteiger partial charge in [-0.05, 0) is 49.6 Å². The largest absolute Gasteiger partial charge is 0.301 e. The maximum absolute atomic E-state index is 13.1. The van der Waals surface area contributed by atoms with E-state index in [0.717, 1.165) is 34.5 Å². The fourth-order valence-electron chi connectivity index (χ4n) is 3.07. The van der Waals surface area contributed by atoms with Crippen molar-refractivity contribution in [2.75, 3.05) is 5.32 Å². The summed E-state index contributed by atoms with van der Waals surface area (Å²) in [5.41, 5.74) is 2.26. The molecule has 126 valence electrons. The number of thiazole rings is 1. The Morgan fingerprint density at radius 2 is 1.80 bits per heavy atom. The zero-order chi connectivity index (χ0) is 17.4. The third kappa shape index (κ3) is 2.96. The molecule has 3 nitrogen and oxygen atoms in total. The lowest BCUT2D eigenvalue weighted by Crippen LogP contribution is -2.27. The van der Waals surface area contributed by atoms with Gasteiger partial charge in [0.15, 0.2) is 5.13 Å². The monoisotopic (exact) mass is 352 g/mol. The molecule has 0 spiro atoms. The van der Waals surface area contributed by atoms with E-state index in [0.29, 0.717) is 5.13 Å². The SMILES string of the molecule is Cc1sc(NC(=O)C2(c3ccccc3)CC2)nc1-c1ccc(F)cc1. The summed E-state index contributed by atoms with van der Waals surface area (Å²) in [6.45, 7) is 1.95. The highest BCUT2D eigenvalue weighted by Gasteiger charge is 2.51. The van der Waals surface area contributed by atoms with Crippen LogP contribution in [0.15, 0.2) is 54.6 Å². The van der Waals surface area contributed by atoms with Crippen molar-refractivity contribution in [3.8, 4) is 11.3 Å². The average Bonchev–Trinajstić information content (AvgIpc) is 3.36. The third-order valence-electron chi connectivity index (χ3n) is 4.65. The zero-order valence-electron chi connectivity index (χ0n) is 13.8. The third-order valence-corrected chi connectivity index (χ3v) is 5.53. The number of rotatable bonds is 4. The second-order valence-electron chi connectivity index (χ2n) is 6.33. The summed E-state index contributed by atoms with van der Waals surface area (Å²) < 4.78 is 13.1. The second-order valence-corrected chi connectivity index (χ2v) is 7.54. The Bertz CT molecular complexity index is 915. The lowest BCUT2D eigenvalue weighted by atomic mass is 9.95. The Morgan fingerprint density at radius 1 is 1.12 bits per heavy atom. The molecule has 1 N–H and O–H groups in total. The molecule has 0 saturated heterocycles. The number of nitrogens with zero attached hydrogens (tertiary/aromatic N) is 1. The fraction of sp³-hybridized carbons (Fsp3) is 0.200. The molecule has 0 bridgehead atoms. The molecule has 0 aliphatic heterocycles. The molecule has 0 radical (unpaired) electrons. The van der Waals surface area contributed by atoms with Gasteiger partial charge in [0.25, 0.3) is 0 Å². The van der Waals surface area contributed by atoms with E-state index in [2.05, 4.69) is 10.3 Å². The Kier molecular flexibility index (Phi) is 3.88. The number of aryl methyl sites for hydroxylation is 1. The van der Waals surface area contributed by atoms with Gasteiger partial charge in [-0.15, -0.1) is 11.3 Å². The Hall–Kier alpha value is -2.53. The summed E-state index contributed by atoms with van der Waals surface area (Å²) >= 11 is 1.44. The van der Waals surface area contributed by atoms with Crippen LogP contribution in [-0.4, -0.2) is 10.9 Å². The molecule has 1 heterocycles. The molecule has 0 atom stereocenters. The van der Waals surface area contributed by atoms with Crippen molar-refractivity contribution in [1.82, 2.24) is 4.98 Å². The first-order chi connectivity index (χ1) is 12.1. The maximum atomic E-state index is 13.1. The smallest absolute Gasteiger partial charge is 0.236 e. The van der Waals surface area contributed by atoms with Gasteiger partial charge in [-0.2, -0.15) is 0 Å². The molecule has 1 aromatic heterocycles. The van der Waals surface area contributed by atoms with E-state index < -0.39 is 5.41 Å². The van der Waals surface area contributed by atoms with Gasteiger partial charge in [0.1, 0.15) is 5.82 Å². The van der Waals surface area contributed by atoms with Crippen molar-refractivity contribution in [2.45, 2.75) is 25.2 Å². The number of aromatic nitrogens is 1. The van der Waals surface area contributed by atoms with Crippen LogP contribution in [0.1, 0.15) is 23.3 Å². The molecule has 0 unspecified atom stereocenters. The van der Waals surface area contributed by atoms with Crippen LogP contribution in [0, 0.1) is 12.7 Å². The average molecular weight is 352 g/mol. The number of carbonyl (C=O) groups is 1. The number of carbonyl (C=O) groups excluding carboxylic acids is 1. The van der Waals surface area contributed by atoms with Gasteiger partial charge in [0, 0.05) is 10.4 Å². The van der Waals surface area contributed by atoms with Crippen LogP contribution in [-0.2, 0) is 10.2 Å². The van der Waals surface area contributed by atoms with Crippen molar-refractivity contribution in [3.05, 3.63) is 70.9 Å². The van der Waals surface area contributed by atoms with Crippen LogP contribution in [0.3, 0.4) is 0 Å². The zero-order valence-corrected chi connectivity index (χ0v) is 14.6. The number of halogens is 1. The predicted octanol–water partition coefficient (Wildman–Crippen LogP) is 4.93. The lowest BCUT2D eigenvalue weighted by molar-refractivity contribution is -0.118. The minimum absolute atomic E-state index is 0.00175. The van der Waals surface area contributed by atoms with Crippen LogP contribution in [0.25, 0.3) is 11.3 Å². The molecule has 1 fully saturated rings. The summed E-state index contributed by atoms with van der Waals surface area (Å²) in [4.78, 5) is 18.3. The van der Waals surface area contributed by atoms with Gasteiger partial charge in [0.05, 0.1) is 11.1 Å². The molecular formula is C20H17FN2OS. The number of anilines is 1. The number of benzene rings is 2. The van der Waals surface area contributed by atoms with E-state index in [9.17, 15) is 9.18 Å². The number of hydrogen-bond donors (Lipinski definition) is 1. The Labute approximate surface area is 149 Å². The highest BCUT2D eigenvalue weighted by atomic mass is 32.1. The highest BCUT2D eigenvalue weighted by molar-refractivity contribution is 7.16. The molecule has 1 aliphatic carbocycles. The number of amides is 1. The van der Waals surface area contributed by atoms with Crippen molar-refractivity contribution in [1.29, 1.82) is 0 Å². The van der Waals surface area contributed by atoms with Crippen molar-refractivity contribution >= 4 is 22.4 Å². The van der Waals surface area contributed by atoms with Crippen LogP contribution < -0.4 is 5.32 Å². The topological polar surface area (TPSA) is 42.0 Å². The van der Waals surface area contributed by atoms with Crippen LogP contribution in [0.5, 0.6) is 0 Å². The molecule has 1 amide bonds. The molecule has 5 heteroatoms. The van der Waals surface area contributed by atoms with E-state index in [4.69, 9.17) is 0 Å². The minimum atomic E-state index is -0.420. The first kappa shape index (κ1) is 16.0. The van der Waals surface area contributed by atoms with Gasteiger partial charge in [-0.3, -0.25) is 4.79 Å². The molecular weight excluding hydrogens is 335 g/mol. The predicted molar refractivity (Wildman–Crippen MR) is 98.2 cm³/mol. The summed E-state index contributed by atoms with van der Waals surface area (Å²) in [5, 5.41) is 3.57. The van der Waals surface area contributed by atoms with Crippen LogP contribution in [0.4, 0.5) is 9.52 Å². The molecule has 2 aromatic carbocycles. The molecule has 25 heavy (non-hydrogen) atoms. The van der Waals surface area contributed by atoms with Gasteiger partial charge in [-0.1, -0.05) is 30.3 Å². The molecule has 1 aliphatic rings. The quantitative estimate of drug-likeness (QED) is 0.723. The second kappa shape index (κ2) is 6.08. The van der Waals surface area contributed by atoms with Gasteiger partial charge >= 0.3 is 0 Å². The first-order valence-electron chi connectivity index (χ1n) is 8.19. The first-order valence-corrected chi connectivity index (χ1v) is 9.00. The summed E-state index contributed by atoms with van der Waals surface area (Å²) in [5.74, 6) is -0.276. The van der Waals surface area contributed by atoms with Crippen molar-refractivity contribution in [2.24, 2.45) is 0 Å². The summed E-state index contributed by atoms with van der Waals surface area (Å²) in [7, 11) is 0. The lowest BCUT2D eigenvalue weighted by Gasteiger charge is -2.14. The fourth-order valence-corrected chi connectivity index (χ4v) is 3.90. The summed E-state index contributed by atoms with van der Waals surface area (Å²) in [6.07, 6.45) is 1.72. The summed E-state index contributed by atoms with van der Waals surface area (Å²) in [6, 6.07) is 16.1. The van der Waals surface area contributed by atoms with E-state index in [1.807, 2.05) is 37.3 Å². The van der Waals surface area contributed by atoms with E-state index in [1.165, 1.54) is 23.5 Å². The van der Waals surface area contributed by atoms with Gasteiger partial charge in [-0.25, -0.2) is 9.37 Å². The van der Waals surface area contributed by atoms with Gasteiger partial charge in [0.2, 0.25) is 5.91 Å². The molecule has 3 aromatic rings. The molecule has 4 rings (SSSR count). The standard InChI is InChI=1S/C20H17FN2OS/c1-13-17(14-7-9-16(21)10-8-14)22-19(25-13)23-18(24)20(11-12-20)15-5-3-2-4-6-15/h2-10H,11-12H2,1H3,(H,22,23,24). The van der Waals surface area contributed by atoms with Crippen LogP contribution >= 0.6 is 11.3 Å². The highest BCUT2D eigenvalue weighted by Crippen LogP contribution is 2.49. The minimum Gasteiger partial charge on any atom is -0.301 e. The maximum Gasteiger partial charge on any atom is 0.236 e. The van der Waals surface area contributed by atoms with Crippen molar-refractivity contribution < 1.29 is 9.18 Å². The van der Waals surface area contributed by atoms with Crippen molar-refractivity contribution in [3.63, 3.8) is 0 Å². The van der Waals surface area contributed by atoms with E-state index in [-0.39, 0.29) is 11.7 Å². The normalized spacial score (nSPS) is 15.0. The van der Waals surface area contributed by atoms with E-state index >= 15 is 0 Å². The molecule has 1 saturated carbocycles. The van der Waals surface area contributed by atoms with Crippen LogP contribution in [0.2, 0.25) is 0 Å². The Morgan fingerprint density at radius 3 is 2.44 bits per heavy atom. The Balaban J connectivity index is 1.57.